The second-order valence-corrected chi connectivity index (χ2v) is 4.95. The van der Waals surface area contributed by atoms with Crippen LogP contribution in [0.4, 0.5) is 0 Å². The normalized spacial score (nSPS) is 10.9. The highest BCUT2D eigenvalue weighted by atomic mass is 32.1. The van der Waals surface area contributed by atoms with E-state index in [4.69, 9.17) is 0 Å². The number of aromatic nitrogens is 2. The highest BCUT2D eigenvalue weighted by Crippen LogP contribution is 2.08. The average Bonchev–Trinajstić information content (AvgIpc) is 2.84. The highest BCUT2D eigenvalue weighted by molar-refractivity contribution is 7.09. The topological polar surface area (TPSA) is 29.9 Å². The van der Waals surface area contributed by atoms with Gasteiger partial charge >= 0.3 is 0 Å². The number of nitrogens with one attached hydrogen (secondary N) is 1. The van der Waals surface area contributed by atoms with Gasteiger partial charge in [0.1, 0.15) is 0 Å². The van der Waals surface area contributed by atoms with Crippen LogP contribution < -0.4 is 5.32 Å². The molecular weight excluding hydrogens is 218 g/mol. The molecule has 4 heteroatoms. The molecule has 0 aliphatic carbocycles. The van der Waals surface area contributed by atoms with Crippen LogP contribution in [0.3, 0.4) is 0 Å². The van der Waals surface area contributed by atoms with Crippen molar-refractivity contribution in [1.29, 1.82) is 0 Å². The minimum Gasteiger partial charge on any atom is -0.312 e. The summed E-state index contributed by atoms with van der Waals surface area (Å²) in [5, 5.41) is 9.89. The van der Waals surface area contributed by atoms with Crippen molar-refractivity contribution in [2.45, 2.75) is 19.9 Å². The molecule has 2 aromatic rings. The number of hydrogen-bond donors (Lipinski definition) is 1. The van der Waals surface area contributed by atoms with Crippen molar-refractivity contribution in [2.75, 3.05) is 6.54 Å². The molecule has 1 N–H and O–H groups in total. The van der Waals surface area contributed by atoms with Crippen LogP contribution in [-0.2, 0) is 20.0 Å². The highest BCUT2D eigenvalue weighted by Gasteiger charge is 2.01. The summed E-state index contributed by atoms with van der Waals surface area (Å²) in [4.78, 5) is 1.44. The Morgan fingerprint density at radius 3 is 3.00 bits per heavy atom. The smallest absolute Gasteiger partial charge is 0.0638 e. The lowest BCUT2D eigenvalue weighted by Gasteiger charge is -2.02. The fraction of sp³-hybridized carbons (Fsp3) is 0.417. The first-order chi connectivity index (χ1) is 7.75. The predicted molar refractivity (Wildman–Crippen MR) is 67.7 cm³/mol. The Morgan fingerprint density at radius 2 is 2.38 bits per heavy atom. The summed E-state index contributed by atoms with van der Waals surface area (Å²) in [5.41, 5.74) is 2.40. The van der Waals surface area contributed by atoms with Crippen molar-refractivity contribution in [3.8, 4) is 0 Å². The quantitative estimate of drug-likeness (QED) is 0.805. The molecule has 0 spiro atoms. The molecular formula is C12H17N3S. The maximum atomic E-state index is 4.32. The maximum absolute atomic E-state index is 4.32. The molecule has 0 unspecified atom stereocenters. The third kappa shape index (κ3) is 2.93. The van der Waals surface area contributed by atoms with Crippen molar-refractivity contribution < 1.29 is 0 Å². The maximum Gasteiger partial charge on any atom is 0.0638 e. The fourth-order valence-corrected chi connectivity index (χ4v) is 2.42. The molecule has 2 heterocycles. The molecule has 0 aromatic carbocycles. The molecule has 0 amide bonds. The van der Waals surface area contributed by atoms with Crippen LogP contribution in [0, 0.1) is 6.92 Å². The van der Waals surface area contributed by atoms with Gasteiger partial charge in [-0.2, -0.15) is 5.10 Å². The summed E-state index contributed by atoms with van der Waals surface area (Å²) in [5.74, 6) is 0. The largest absolute Gasteiger partial charge is 0.312 e. The Balaban J connectivity index is 1.74. The van der Waals surface area contributed by atoms with Gasteiger partial charge in [0.2, 0.25) is 0 Å². The van der Waals surface area contributed by atoms with Gasteiger partial charge in [-0.15, -0.1) is 11.3 Å². The third-order valence-corrected chi connectivity index (χ3v) is 3.50. The summed E-state index contributed by atoms with van der Waals surface area (Å²) >= 11 is 1.82. The molecule has 0 radical (unpaired) electrons. The number of aryl methyl sites for hydroxylation is 2. The Labute approximate surface area is 100 Å². The van der Waals surface area contributed by atoms with E-state index in [9.17, 15) is 0 Å². The van der Waals surface area contributed by atoms with Gasteiger partial charge in [0, 0.05) is 36.8 Å². The lowest BCUT2D eigenvalue weighted by molar-refractivity contribution is 0.687. The van der Waals surface area contributed by atoms with E-state index in [-0.39, 0.29) is 0 Å². The van der Waals surface area contributed by atoms with Crippen LogP contribution in [0.15, 0.2) is 23.7 Å². The first-order valence-corrected chi connectivity index (χ1v) is 6.36. The van der Waals surface area contributed by atoms with E-state index in [0.717, 1.165) is 25.2 Å². The number of rotatable bonds is 5. The fourth-order valence-electron chi connectivity index (χ4n) is 1.71. The Bertz CT molecular complexity index is 431. The molecule has 0 atom stereocenters. The van der Waals surface area contributed by atoms with E-state index in [1.54, 1.807) is 0 Å². The minimum atomic E-state index is 0.908. The lowest BCUT2D eigenvalue weighted by Crippen LogP contribution is -2.16. The van der Waals surface area contributed by atoms with Gasteiger partial charge in [0.25, 0.3) is 0 Å². The zero-order valence-electron chi connectivity index (χ0n) is 9.73. The van der Waals surface area contributed by atoms with E-state index in [1.807, 2.05) is 23.1 Å². The Morgan fingerprint density at radius 1 is 1.50 bits per heavy atom. The van der Waals surface area contributed by atoms with Gasteiger partial charge in [-0.3, -0.25) is 4.68 Å². The first-order valence-electron chi connectivity index (χ1n) is 5.48. The van der Waals surface area contributed by atoms with Gasteiger partial charge < -0.3 is 5.32 Å². The zero-order chi connectivity index (χ0) is 11.4. The van der Waals surface area contributed by atoms with Gasteiger partial charge in [-0.05, 0) is 24.8 Å². The van der Waals surface area contributed by atoms with E-state index in [0.29, 0.717) is 0 Å². The molecule has 0 aliphatic rings. The zero-order valence-corrected chi connectivity index (χ0v) is 10.5. The first kappa shape index (κ1) is 11.4. The van der Waals surface area contributed by atoms with Crippen LogP contribution in [-0.4, -0.2) is 16.3 Å². The predicted octanol–water partition coefficient (Wildman–Crippen LogP) is 2.12. The van der Waals surface area contributed by atoms with Crippen LogP contribution in [0.5, 0.6) is 0 Å². The van der Waals surface area contributed by atoms with E-state index in [1.165, 1.54) is 10.4 Å². The van der Waals surface area contributed by atoms with Gasteiger partial charge in [0.15, 0.2) is 0 Å². The van der Waals surface area contributed by atoms with Crippen molar-refractivity contribution in [1.82, 2.24) is 15.1 Å². The second-order valence-electron chi connectivity index (χ2n) is 3.92. The molecule has 2 aromatic heterocycles. The third-order valence-electron chi connectivity index (χ3n) is 2.56. The Kier molecular flexibility index (Phi) is 3.74. The lowest BCUT2D eigenvalue weighted by atomic mass is 10.2. The van der Waals surface area contributed by atoms with Crippen molar-refractivity contribution in [2.24, 2.45) is 7.05 Å². The van der Waals surface area contributed by atoms with E-state index < -0.39 is 0 Å². The van der Waals surface area contributed by atoms with E-state index in [2.05, 4.69) is 41.0 Å². The summed E-state index contributed by atoms with van der Waals surface area (Å²) in [6.45, 7) is 3.98. The van der Waals surface area contributed by atoms with Crippen molar-refractivity contribution >= 4 is 11.3 Å². The SMILES string of the molecule is Cc1nn(C)cc1CNCCc1cccs1. The van der Waals surface area contributed by atoms with Gasteiger partial charge in [0.05, 0.1) is 5.69 Å². The van der Waals surface area contributed by atoms with Gasteiger partial charge in [-0.25, -0.2) is 0 Å². The molecule has 0 saturated carbocycles. The molecule has 0 aliphatic heterocycles. The summed E-state index contributed by atoms with van der Waals surface area (Å²) in [6, 6.07) is 4.28. The van der Waals surface area contributed by atoms with Crippen LogP contribution in [0.25, 0.3) is 0 Å². The molecule has 0 saturated heterocycles. The summed E-state index contributed by atoms with van der Waals surface area (Å²) < 4.78 is 1.87. The van der Waals surface area contributed by atoms with Crippen LogP contribution in [0.1, 0.15) is 16.1 Å². The molecule has 16 heavy (non-hydrogen) atoms. The van der Waals surface area contributed by atoms with Crippen LogP contribution in [0.2, 0.25) is 0 Å². The average molecular weight is 235 g/mol. The molecule has 2 rings (SSSR count). The molecule has 3 nitrogen and oxygen atoms in total. The monoisotopic (exact) mass is 235 g/mol. The Hall–Kier alpha value is -1.13. The van der Waals surface area contributed by atoms with Gasteiger partial charge in [-0.1, -0.05) is 6.07 Å². The molecule has 0 bridgehead atoms. The van der Waals surface area contributed by atoms with Crippen LogP contribution >= 0.6 is 11.3 Å². The number of hydrogen-bond acceptors (Lipinski definition) is 3. The molecule has 0 fully saturated rings. The minimum absolute atomic E-state index is 0.908. The van der Waals surface area contributed by atoms with Crippen molar-refractivity contribution in [3.05, 3.63) is 39.8 Å². The number of thiophene rings is 1. The second kappa shape index (κ2) is 5.27. The molecule has 86 valence electrons. The number of nitrogens with zero attached hydrogens (tertiary/aromatic N) is 2. The summed E-state index contributed by atoms with van der Waals surface area (Å²) in [6.07, 6.45) is 3.18. The van der Waals surface area contributed by atoms with E-state index >= 15 is 0 Å². The summed E-state index contributed by atoms with van der Waals surface area (Å²) in [7, 11) is 1.96. The van der Waals surface area contributed by atoms with Crippen molar-refractivity contribution in [3.63, 3.8) is 0 Å². The standard InChI is InChI=1S/C12H17N3S/c1-10-11(9-15(2)14-10)8-13-6-5-12-4-3-7-16-12/h3-4,7,9,13H,5-6,8H2,1-2H3.